The molecular formula is C11H23NO. The van der Waals surface area contributed by atoms with E-state index in [1.807, 2.05) is 14.0 Å². The second-order valence-corrected chi connectivity index (χ2v) is 4.45. The highest BCUT2D eigenvalue weighted by atomic mass is 16.5. The molecule has 2 heteroatoms. The average Bonchev–Trinajstić information content (AvgIpc) is 1.98. The van der Waals surface area contributed by atoms with Gasteiger partial charge in [-0.25, -0.2) is 0 Å². The molecule has 1 N–H and O–H groups in total. The maximum absolute atomic E-state index is 5.56. The lowest BCUT2D eigenvalue weighted by molar-refractivity contribution is 0.0650. The van der Waals surface area contributed by atoms with Crippen LogP contribution in [-0.2, 0) is 4.74 Å². The van der Waals surface area contributed by atoms with E-state index < -0.39 is 0 Å². The van der Waals surface area contributed by atoms with E-state index in [2.05, 4.69) is 25.7 Å². The van der Waals surface area contributed by atoms with Crippen molar-refractivity contribution in [3.8, 4) is 0 Å². The number of ether oxygens (including phenoxy) is 1. The Labute approximate surface area is 82.4 Å². The van der Waals surface area contributed by atoms with Gasteiger partial charge in [0.05, 0.1) is 13.2 Å². The van der Waals surface area contributed by atoms with E-state index >= 15 is 0 Å². The van der Waals surface area contributed by atoms with Crippen LogP contribution in [0.1, 0.15) is 27.2 Å². The van der Waals surface area contributed by atoms with Crippen LogP contribution in [0.2, 0.25) is 0 Å². The highest BCUT2D eigenvalue weighted by molar-refractivity contribution is 4.87. The fourth-order valence-corrected chi connectivity index (χ4v) is 1.12. The van der Waals surface area contributed by atoms with Crippen LogP contribution < -0.4 is 5.32 Å². The van der Waals surface area contributed by atoms with E-state index in [9.17, 15) is 0 Å². The predicted octanol–water partition coefficient (Wildman–Crippen LogP) is 2.21. The van der Waals surface area contributed by atoms with E-state index in [4.69, 9.17) is 4.74 Å². The molecule has 0 atom stereocenters. The van der Waals surface area contributed by atoms with Gasteiger partial charge in [-0.3, -0.25) is 0 Å². The van der Waals surface area contributed by atoms with Crippen molar-refractivity contribution in [1.29, 1.82) is 0 Å². The van der Waals surface area contributed by atoms with Gasteiger partial charge in [-0.05, 0) is 20.4 Å². The van der Waals surface area contributed by atoms with Crippen LogP contribution in [0, 0.1) is 5.41 Å². The molecule has 0 saturated carbocycles. The van der Waals surface area contributed by atoms with Gasteiger partial charge < -0.3 is 10.1 Å². The first-order valence-corrected chi connectivity index (χ1v) is 4.85. The molecule has 2 nitrogen and oxygen atoms in total. The fraction of sp³-hybridized carbons (Fsp3) is 0.818. The predicted molar refractivity (Wildman–Crippen MR) is 58.0 cm³/mol. The molecule has 0 aromatic rings. The highest BCUT2D eigenvalue weighted by Crippen LogP contribution is 2.13. The van der Waals surface area contributed by atoms with Crippen LogP contribution in [0.25, 0.3) is 0 Å². The Morgan fingerprint density at radius 2 is 2.08 bits per heavy atom. The molecule has 0 aliphatic heterocycles. The van der Waals surface area contributed by atoms with Crippen LogP contribution >= 0.6 is 0 Å². The lowest BCUT2D eigenvalue weighted by atomic mass is 9.95. The number of rotatable bonds is 7. The van der Waals surface area contributed by atoms with Gasteiger partial charge in [-0.15, -0.1) is 6.58 Å². The Hall–Kier alpha value is -0.340. The molecule has 0 rings (SSSR count). The average molecular weight is 185 g/mol. The smallest absolute Gasteiger partial charge is 0.0529 e. The van der Waals surface area contributed by atoms with E-state index in [0.717, 1.165) is 26.2 Å². The normalized spacial score (nSPS) is 11.7. The molecule has 0 fully saturated rings. The van der Waals surface area contributed by atoms with Gasteiger partial charge in [0.2, 0.25) is 0 Å². The largest absolute Gasteiger partial charge is 0.381 e. The van der Waals surface area contributed by atoms with Gasteiger partial charge in [0.25, 0.3) is 0 Å². The summed E-state index contributed by atoms with van der Waals surface area (Å²) in [6.45, 7) is 12.8. The van der Waals surface area contributed by atoms with E-state index in [0.29, 0.717) is 0 Å². The van der Waals surface area contributed by atoms with Crippen LogP contribution in [-0.4, -0.2) is 26.8 Å². The van der Waals surface area contributed by atoms with Crippen LogP contribution in [0.4, 0.5) is 0 Å². The maximum atomic E-state index is 5.56. The first-order chi connectivity index (χ1) is 5.98. The Balaban J connectivity index is 3.45. The summed E-state index contributed by atoms with van der Waals surface area (Å²) in [7, 11) is 1.97. The van der Waals surface area contributed by atoms with Crippen molar-refractivity contribution in [2.45, 2.75) is 27.2 Å². The summed E-state index contributed by atoms with van der Waals surface area (Å²) in [6.07, 6.45) is 0.968. The minimum absolute atomic E-state index is 0.226. The van der Waals surface area contributed by atoms with E-state index in [1.165, 1.54) is 5.57 Å². The molecule has 13 heavy (non-hydrogen) atoms. The summed E-state index contributed by atoms with van der Waals surface area (Å²) in [5.74, 6) is 0. The second kappa shape index (κ2) is 6.17. The molecule has 0 aliphatic carbocycles. The second-order valence-electron chi connectivity index (χ2n) is 4.45. The molecule has 0 aromatic heterocycles. The van der Waals surface area contributed by atoms with Crippen LogP contribution in [0.3, 0.4) is 0 Å². The summed E-state index contributed by atoms with van der Waals surface area (Å²) in [5.41, 5.74) is 1.41. The zero-order chi connectivity index (χ0) is 10.3. The molecule has 0 saturated heterocycles. The molecule has 0 heterocycles. The van der Waals surface area contributed by atoms with Gasteiger partial charge in [-0.2, -0.15) is 0 Å². The zero-order valence-electron chi connectivity index (χ0n) is 9.44. The summed E-state index contributed by atoms with van der Waals surface area (Å²) in [4.78, 5) is 0. The van der Waals surface area contributed by atoms with E-state index in [-0.39, 0.29) is 5.41 Å². The topological polar surface area (TPSA) is 21.3 Å². The summed E-state index contributed by atoms with van der Waals surface area (Å²) < 4.78 is 5.56. The third-order valence-corrected chi connectivity index (χ3v) is 1.82. The molecule has 0 aliphatic rings. The Bertz CT molecular complexity index is 152. The van der Waals surface area contributed by atoms with Crippen molar-refractivity contribution in [2.24, 2.45) is 5.41 Å². The molecule has 78 valence electrons. The monoisotopic (exact) mass is 185 g/mol. The molecule has 0 amide bonds. The van der Waals surface area contributed by atoms with Crippen molar-refractivity contribution in [1.82, 2.24) is 5.32 Å². The standard InChI is InChI=1S/C11H23NO/c1-10(2)6-7-13-9-11(3,4)8-12-5/h12H,1,6-9H2,2-5H3. The van der Waals surface area contributed by atoms with E-state index in [1.54, 1.807) is 0 Å². The highest BCUT2D eigenvalue weighted by Gasteiger charge is 2.16. The number of hydrogen-bond donors (Lipinski definition) is 1. The van der Waals surface area contributed by atoms with Crippen molar-refractivity contribution in [3.63, 3.8) is 0 Å². The minimum Gasteiger partial charge on any atom is -0.381 e. The van der Waals surface area contributed by atoms with Crippen LogP contribution in [0.5, 0.6) is 0 Å². The maximum Gasteiger partial charge on any atom is 0.0529 e. The lowest BCUT2D eigenvalue weighted by Gasteiger charge is -2.23. The van der Waals surface area contributed by atoms with Gasteiger partial charge in [0, 0.05) is 12.0 Å². The van der Waals surface area contributed by atoms with Gasteiger partial charge >= 0.3 is 0 Å². The third-order valence-electron chi connectivity index (χ3n) is 1.82. The summed E-state index contributed by atoms with van der Waals surface area (Å²) >= 11 is 0. The SMILES string of the molecule is C=C(C)CCOCC(C)(C)CNC. The molecular weight excluding hydrogens is 162 g/mol. The van der Waals surface area contributed by atoms with Crippen molar-refractivity contribution in [2.75, 3.05) is 26.8 Å². The minimum atomic E-state index is 0.226. The molecule has 0 bridgehead atoms. The van der Waals surface area contributed by atoms with Crippen molar-refractivity contribution >= 4 is 0 Å². The first-order valence-electron chi connectivity index (χ1n) is 4.85. The Morgan fingerprint density at radius 3 is 2.54 bits per heavy atom. The molecule has 0 aromatic carbocycles. The fourth-order valence-electron chi connectivity index (χ4n) is 1.12. The van der Waals surface area contributed by atoms with Gasteiger partial charge in [0.1, 0.15) is 0 Å². The number of hydrogen-bond acceptors (Lipinski definition) is 2. The van der Waals surface area contributed by atoms with Gasteiger partial charge in [0.15, 0.2) is 0 Å². The Morgan fingerprint density at radius 1 is 1.46 bits per heavy atom. The molecule has 0 radical (unpaired) electrons. The quantitative estimate of drug-likeness (QED) is 0.485. The first kappa shape index (κ1) is 12.7. The lowest BCUT2D eigenvalue weighted by Crippen LogP contribution is -2.31. The summed E-state index contributed by atoms with van der Waals surface area (Å²) in [6, 6.07) is 0. The summed E-state index contributed by atoms with van der Waals surface area (Å²) in [5, 5.41) is 3.16. The number of nitrogens with one attached hydrogen (secondary N) is 1. The Kier molecular flexibility index (Phi) is 6.00. The van der Waals surface area contributed by atoms with Gasteiger partial charge in [-0.1, -0.05) is 19.4 Å². The van der Waals surface area contributed by atoms with Crippen LogP contribution in [0.15, 0.2) is 12.2 Å². The zero-order valence-corrected chi connectivity index (χ0v) is 9.44. The third kappa shape index (κ3) is 8.00. The van der Waals surface area contributed by atoms with Crippen molar-refractivity contribution in [3.05, 3.63) is 12.2 Å². The molecule has 0 spiro atoms. The van der Waals surface area contributed by atoms with Crippen molar-refractivity contribution < 1.29 is 4.74 Å². The molecule has 0 unspecified atom stereocenters.